The molecule has 0 amide bonds. The Morgan fingerprint density at radius 1 is 1.22 bits per heavy atom. The summed E-state index contributed by atoms with van der Waals surface area (Å²) >= 11 is 7.24. The fraction of sp³-hybridized carbons (Fsp3) is 0.267. The smallest absolute Gasteiger partial charge is 0.337 e. The van der Waals surface area contributed by atoms with Crippen LogP contribution in [-0.4, -0.2) is 32.3 Å². The third-order valence-electron chi connectivity index (χ3n) is 3.23. The van der Waals surface area contributed by atoms with Gasteiger partial charge in [0.05, 0.1) is 21.9 Å². The molecule has 0 aliphatic rings. The van der Waals surface area contributed by atoms with Gasteiger partial charge in [0.1, 0.15) is 0 Å². The number of thiophene rings is 1. The van der Waals surface area contributed by atoms with Gasteiger partial charge in [-0.3, -0.25) is 0 Å². The maximum absolute atomic E-state index is 12.7. The molecule has 0 fully saturated rings. The van der Waals surface area contributed by atoms with Crippen LogP contribution >= 0.6 is 22.9 Å². The Morgan fingerprint density at radius 2 is 1.87 bits per heavy atom. The number of hydrogen-bond donors (Lipinski definition) is 0. The number of methoxy groups -OCH3 is 1. The lowest BCUT2D eigenvalue weighted by Gasteiger charge is -2.20. The van der Waals surface area contributed by atoms with Crippen molar-refractivity contribution < 1.29 is 17.9 Å². The molecule has 8 heteroatoms. The highest BCUT2D eigenvalue weighted by atomic mass is 35.5. The van der Waals surface area contributed by atoms with Gasteiger partial charge in [-0.2, -0.15) is 4.31 Å². The largest absolute Gasteiger partial charge is 0.465 e. The van der Waals surface area contributed by atoms with Gasteiger partial charge < -0.3 is 4.74 Å². The fourth-order valence-electron chi connectivity index (χ4n) is 2.01. The predicted molar refractivity (Wildman–Crippen MR) is 90.4 cm³/mol. The second-order valence-electron chi connectivity index (χ2n) is 4.65. The third kappa shape index (κ3) is 4.11. The number of rotatable bonds is 6. The molecule has 0 bridgehead atoms. The lowest BCUT2D eigenvalue weighted by Crippen LogP contribution is -2.30. The normalized spacial score (nSPS) is 11.7. The molecule has 0 aliphatic heterocycles. The van der Waals surface area contributed by atoms with Crippen molar-refractivity contribution in [1.29, 1.82) is 0 Å². The van der Waals surface area contributed by atoms with Crippen molar-refractivity contribution >= 4 is 38.9 Å². The van der Waals surface area contributed by atoms with Crippen LogP contribution in [0.2, 0.25) is 4.34 Å². The highest BCUT2D eigenvalue weighted by molar-refractivity contribution is 7.89. The van der Waals surface area contributed by atoms with Crippen molar-refractivity contribution in [1.82, 2.24) is 4.31 Å². The Labute approximate surface area is 144 Å². The number of nitrogens with zero attached hydrogens (tertiary/aromatic N) is 1. The molecule has 1 aromatic carbocycles. The summed E-state index contributed by atoms with van der Waals surface area (Å²) < 4.78 is 32.0. The highest BCUT2D eigenvalue weighted by Gasteiger charge is 2.24. The van der Waals surface area contributed by atoms with Crippen LogP contribution in [-0.2, 0) is 21.3 Å². The number of carbonyl (C=O) groups is 1. The molecule has 1 heterocycles. The van der Waals surface area contributed by atoms with Gasteiger partial charge in [0.2, 0.25) is 10.0 Å². The fourth-order valence-corrected chi connectivity index (χ4v) is 4.62. The number of ether oxygens (including phenoxy) is 1. The summed E-state index contributed by atoms with van der Waals surface area (Å²) in [5.74, 6) is -0.505. The Balaban J connectivity index is 2.25. The standard InChI is InChI=1S/C15H16ClNO4S2/c1-3-17(10-12-6-9-14(16)22-12)23(19,20)13-7-4-11(5-8-13)15(18)21-2/h4-9H,3,10H2,1-2H3. The number of halogens is 1. The lowest BCUT2D eigenvalue weighted by atomic mass is 10.2. The van der Waals surface area contributed by atoms with Crippen molar-refractivity contribution in [3.05, 3.63) is 51.2 Å². The van der Waals surface area contributed by atoms with Crippen LogP contribution in [0.5, 0.6) is 0 Å². The van der Waals surface area contributed by atoms with Crippen LogP contribution in [0, 0.1) is 0 Å². The zero-order valence-corrected chi connectivity index (χ0v) is 15.0. The molecule has 5 nitrogen and oxygen atoms in total. The monoisotopic (exact) mass is 373 g/mol. The summed E-state index contributed by atoms with van der Waals surface area (Å²) in [5, 5.41) is 0. The van der Waals surface area contributed by atoms with Gasteiger partial charge in [-0.25, -0.2) is 13.2 Å². The number of sulfonamides is 1. The van der Waals surface area contributed by atoms with E-state index in [0.29, 0.717) is 16.4 Å². The van der Waals surface area contributed by atoms with Crippen molar-refractivity contribution in [2.24, 2.45) is 0 Å². The van der Waals surface area contributed by atoms with Crippen molar-refractivity contribution in [3.8, 4) is 0 Å². The molecular formula is C15H16ClNO4S2. The molecule has 2 aromatic rings. The molecule has 0 atom stereocenters. The average Bonchev–Trinajstić information content (AvgIpc) is 2.97. The van der Waals surface area contributed by atoms with E-state index in [9.17, 15) is 13.2 Å². The molecule has 0 spiro atoms. The van der Waals surface area contributed by atoms with Gasteiger partial charge in [0.25, 0.3) is 0 Å². The number of carbonyl (C=O) groups excluding carboxylic acids is 1. The first-order valence-electron chi connectivity index (χ1n) is 6.81. The van der Waals surface area contributed by atoms with Gasteiger partial charge >= 0.3 is 5.97 Å². The predicted octanol–water partition coefficient (Wildman–Crippen LogP) is 3.40. The molecule has 23 heavy (non-hydrogen) atoms. The zero-order chi connectivity index (χ0) is 17.0. The van der Waals surface area contributed by atoms with Crippen molar-refractivity contribution in [3.63, 3.8) is 0 Å². The van der Waals surface area contributed by atoms with Crippen molar-refractivity contribution in [2.75, 3.05) is 13.7 Å². The Bertz CT molecular complexity index is 784. The van der Waals surface area contributed by atoms with E-state index in [2.05, 4.69) is 4.74 Å². The van der Waals surface area contributed by atoms with E-state index in [4.69, 9.17) is 11.6 Å². The van der Waals surface area contributed by atoms with E-state index >= 15 is 0 Å². The van der Waals surface area contributed by atoms with Crippen LogP contribution < -0.4 is 0 Å². The second-order valence-corrected chi connectivity index (χ2v) is 8.39. The molecule has 0 aliphatic carbocycles. The Hall–Kier alpha value is -1.41. The van der Waals surface area contributed by atoms with Crippen molar-refractivity contribution in [2.45, 2.75) is 18.4 Å². The van der Waals surface area contributed by atoms with Gasteiger partial charge in [0, 0.05) is 18.0 Å². The summed E-state index contributed by atoms with van der Waals surface area (Å²) in [6.07, 6.45) is 0. The molecule has 124 valence electrons. The van der Waals surface area contributed by atoms with Gasteiger partial charge in [-0.05, 0) is 36.4 Å². The summed E-state index contributed by atoms with van der Waals surface area (Å²) in [4.78, 5) is 12.4. The summed E-state index contributed by atoms with van der Waals surface area (Å²) in [5.41, 5.74) is 0.305. The minimum absolute atomic E-state index is 0.134. The Kier molecular flexibility index (Phi) is 5.80. The van der Waals surface area contributed by atoms with Crippen LogP contribution in [0.4, 0.5) is 0 Å². The number of benzene rings is 1. The molecule has 2 rings (SSSR count). The quantitative estimate of drug-likeness (QED) is 0.728. The van der Waals surface area contributed by atoms with Crippen LogP contribution in [0.1, 0.15) is 22.2 Å². The van der Waals surface area contributed by atoms with E-state index < -0.39 is 16.0 Å². The molecule has 0 radical (unpaired) electrons. The first kappa shape index (κ1) is 17.9. The van der Waals surface area contributed by atoms with E-state index in [0.717, 1.165) is 4.88 Å². The first-order valence-corrected chi connectivity index (χ1v) is 9.44. The first-order chi connectivity index (χ1) is 10.9. The minimum atomic E-state index is -3.64. The zero-order valence-electron chi connectivity index (χ0n) is 12.7. The maximum atomic E-state index is 12.7. The summed E-state index contributed by atoms with van der Waals surface area (Å²) in [7, 11) is -2.37. The molecule has 0 saturated carbocycles. The van der Waals surface area contributed by atoms with E-state index in [1.54, 1.807) is 13.0 Å². The van der Waals surface area contributed by atoms with Gasteiger partial charge in [-0.15, -0.1) is 11.3 Å². The SMILES string of the molecule is CCN(Cc1ccc(Cl)s1)S(=O)(=O)c1ccc(C(=O)OC)cc1. The van der Waals surface area contributed by atoms with Crippen LogP contribution in [0.3, 0.4) is 0 Å². The van der Waals surface area contributed by atoms with E-state index in [1.165, 1.54) is 47.0 Å². The number of hydrogen-bond acceptors (Lipinski definition) is 5. The van der Waals surface area contributed by atoms with Gasteiger partial charge in [0.15, 0.2) is 0 Å². The summed E-state index contributed by atoms with van der Waals surface area (Å²) in [6, 6.07) is 9.25. The van der Waals surface area contributed by atoms with Crippen LogP contribution in [0.15, 0.2) is 41.3 Å². The van der Waals surface area contributed by atoms with E-state index in [-0.39, 0.29) is 11.4 Å². The molecule has 1 aromatic heterocycles. The molecular weight excluding hydrogens is 358 g/mol. The van der Waals surface area contributed by atoms with E-state index in [1.807, 2.05) is 6.07 Å². The Morgan fingerprint density at radius 3 is 2.35 bits per heavy atom. The topological polar surface area (TPSA) is 63.7 Å². The lowest BCUT2D eigenvalue weighted by molar-refractivity contribution is 0.0600. The molecule has 0 N–H and O–H groups in total. The van der Waals surface area contributed by atoms with Crippen LogP contribution in [0.25, 0.3) is 0 Å². The third-order valence-corrected chi connectivity index (χ3v) is 6.38. The second kappa shape index (κ2) is 7.44. The maximum Gasteiger partial charge on any atom is 0.337 e. The summed E-state index contributed by atoms with van der Waals surface area (Å²) in [6.45, 7) is 2.36. The molecule has 0 saturated heterocycles. The average molecular weight is 374 g/mol. The minimum Gasteiger partial charge on any atom is -0.465 e. The molecule has 0 unspecified atom stereocenters. The number of esters is 1. The highest BCUT2D eigenvalue weighted by Crippen LogP contribution is 2.25. The van der Waals surface area contributed by atoms with Gasteiger partial charge in [-0.1, -0.05) is 18.5 Å².